The van der Waals surface area contributed by atoms with Crippen molar-refractivity contribution in [3.63, 3.8) is 0 Å². The number of nitrogens with zero attached hydrogens (tertiary/aromatic N) is 1. The summed E-state index contributed by atoms with van der Waals surface area (Å²) in [5.41, 5.74) is 2.12. The molecule has 0 aliphatic rings. The highest BCUT2D eigenvalue weighted by molar-refractivity contribution is 7.14. The van der Waals surface area contributed by atoms with Crippen LogP contribution in [0, 0.1) is 18.6 Å². The number of aromatic nitrogens is 1. The summed E-state index contributed by atoms with van der Waals surface area (Å²) >= 11 is 1.18. The molecule has 0 aliphatic heterocycles. The molecule has 0 radical (unpaired) electrons. The van der Waals surface area contributed by atoms with Crippen LogP contribution >= 0.6 is 11.3 Å². The number of hydrogen-bond acceptors (Lipinski definition) is 3. The number of hydrogen-bond donors (Lipinski definition) is 1. The Labute approximate surface area is 135 Å². The Bertz CT molecular complexity index is 859. The van der Waals surface area contributed by atoms with Crippen LogP contribution in [0.25, 0.3) is 11.3 Å². The molecule has 0 aliphatic carbocycles. The predicted molar refractivity (Wildman–Crippen MR) is 86.6 cm³/mol. The monoisotopic (exact) mass is 330 g/mol. The van der Waals surface area contributed by atoms with Crippen molar-refractivity contribution in [2.45, 2.75) is 6.92 Å². The number of nitrogens with one attached hydrogen (secondary N) is 1. The fourth-order valence-electron chi connectivity index (χ4n) is 2.03. The molecule has 0 atom stereocenters. The van der Waals surface area contributed by atoms with Gasteiger partial charge in [-0.3, -0.25) is 10.1 Å². The summed E-state index contributed by atoms with van der Waals surface area (Å²) in [6.07, 6.45) is 0. The molecular weight excluding hydrogens is 318 g/mol. The fraction of sp³-hybridized carbons (Fsp3) is 0.0588. The van der Waals surface area contributed by atoms with Gasteiger partial charge in [-0.15, -0.1) is 11.3 Å². The molecule has 1 heterocycles. The number of halogens is 2. The quantitative estimate of drug-likeness (QED) is 0.759. The van der Waals surface area contributed by atoms with Crippen LogP contribution in [0.4, 0.5) is 13.9 Å². The largest absolute Gasteiger partial charge is 0.298 e. The molecular formula is C17H12F2N2OS. The topological polar surface area (TPSA) is 42.0 Å². The second-order valence-electron chi connectivity index (χ2n) is 4.98. The summed E-state index contributed by atoms with van der Waals surface area (Å²) in [6.45, 7) is 1.94. The van der Waals surface area contributed by atoms with Crippen LogP contribution in [0.5, 0.6) is 0 Å². The van der Waals surface area contributed by atoms with Gasteiger partial charge in [0.25, 0.3) is 5.91 Å². The number of amides is 1. The molecule has 23 heavy (non-hydrogen) atoms. The maximum atomic E-state index is 13.7. The van der Waals surface area contributed by atoms with Gasteiger partial charge in [0, 0.05) is 22.6 Å². The summed E-state index contributed by atoms with van der Waals surface area (Å²) in [4.78, 5) is 16.3. The lowest BCUT2D eigenvalue weighted by molar-refractivity contribution is 0.102. The maximum Gasteiger partial charge on any atom is 0.257 e. The van der Waals surface area contributed by atoms with E-state index in [2.05, 4.69) is 10.3 Å². The zero-order chi connectivity index (χ0) is 16.4. The van der Waals surface area contributed by atoms with E-state index in [9.17, 15) is 13.6 Å². The molecule has 3 rings (SSSR count). The van der Waals surface area contributed by atoms with Crippen LogP contribution in [0.3, 0.4) is 0 Å². The van der Waals surface area contributed by atoms with E-state index >= 15 is 0 Å². The van der Waals surface area contributed by atoms with Crippen LogP contribution in [0.1, 0.15) is 15.9 Å². The van der Waals surface area contributed by atoms with Crippen molar-refractivity contribution in [3.05, 3.63) is 70.6 Å². The molecule has 1 aromatic heterocycles. The van der Waals surface area contributed by atoms with Gasteiger partial charge < -0.3 is 0 Å². The minimum absolute atomic E-state index is 0.193. The van der Waals surface area contributed by atoms with Crippen molar-refractivity contribution >= 4 is 22.4 Å². The van der Waals surface area contributed by atoms with Crippen molar-refractivity contribution in [1.29, 1.82) is 0 Å². The van der Waals surface area contributed by atoms with Crippen LogP contribution in [-0.2, 0) is 0 Å². The second kappa shape index (κ2) is 6.26. The first kappa shape index (κ1) is 15.3. The summed E-state index contributed by atoms with van der Waals surface area (Å²) in [7, 11) is 0. The van der Waals surface area contributed by atoms with Crippen LogP contribution in [0.2, 0.25) is 0 Å². The number of carbonyl (C=O) groups is 1. The zero-order valence-electron chi connectivity index (χ0n) is 12.1. The molecule has 0 fully saturated rings. The SMILES string of the molecule is Cc1ccc(C(=O)Nc2nc(-c3ccc(F)cc3F)cs2)cc1. The van der Waals surface area contributed by atoms with Gasteiger partial charge in [-0.05, 0) is 31.2 Å². The first-order valence-corrected chi connectivity index (χ1v) is 7.70. The highest BCUT2D eigenvalue weighted by atomic mass is 32.1. The van der Waals surface area contributed by atoms with Gasteiger partial charge in [0.1, 0.15) is 11.6 Å². The van der Waals surface area contributed by atoms with E-state index in [4.69, 9.17) is 0 Å². The molecule has 1 amide bonds. The molecule has 0 unspecified atom stereocenters. The van der Waals surface area contributed by atoms with Crippen molar-refractivity contribution in [2.75, 3.05) is 5.32 Å². The van der Waals surface area contributed by atoms with E-state index in [1.807, 2.05) is 19.1 Å². The Balaban J connectivity index is 1.79. The highest BCUT2D eigenvalue weighted by Crippen LogP contribution is 2.27. The number of anilines is 1. The Morgan fingerprint density at radius 1 is 1.13 bits per heavy atom. The van der Waals surface area contributed by atoms with Gasteiger partial charge in [0.2, 0.25) is 0 Å². The van der Waals surface area contributed by atoms with Crippen molar-refractivity contribution < 1.29 is 13.6 Å². The number of thiazole rings is 1. The van der Waals surface area contributed by atoms with E-state index < -0.39 is 11.6 Å². The Morgan fingerprint density at radius 2 is 1.87 bits per heavy atom. The Kier molecular flexibility index (Phi) is 4.16. The third-order valence-corrected chi connectivity index (χ3v) is 4.00. The minimum atomic E-state index is -0.688. The molecule has 3 aromatic rings. The first-order valence-electron chi connectivity index (χ1n) is 6.82. The van der Waals surface area contributed by atoms with Crippen LogP contribution < -0.4 is 5.32 Å². The summed E-state index contributed by atoms with van der Waals surface area (Å²) in [5, 5.41) is 4.64. The fourth-order valence-corrected chi connectivity index (χ4v) is 2.73. The molecule has 1 N–H and O–H groups in total. The standard InChI is InChI=1S/C17H12F2N2OS/c1-10-2-4-11(5-3-10)16(22)21-17-20-15(9-23-17)13-7-6-12(18)8-14(13)19/h2-9H,1H3,(H,20,21,22). The van der Waals surface area contributed by atoms with Gasteiger partial charge in [-0.1, -0.05) is 17.7 Å². The summed E-state index contributed by atoms with van der Waals surface area (Å²) in [5.74, 6) is -1.62. The molecule has 0 bridgehead atoms. The van der Waals surface area contributed by atoms with Crippen molar-refractivity contribution in [2.24, 2.45) is 0 Å². The lowest BCUT2D eigenvalue weighted by Crippen LogP contribution is -2.11. The van der Waals surface area contributed by atoms with E-state index in [1.165, 1.54) is 23.5 Å². The first-order chi connectivity index (χ1) is 11.0. The predicted octanol–water partition coefficient (Wildman–Crippen LogP) is 4.65. The van der Waals surface area contributed by atoms with E-state index in [-0.39, 0.29) is 11.5 Å². The Morgan fingerprint density at radius 3 is 2.57 bits per heavy atom. The zero-order valence-corrected chi connectivity index (χ0v) is 13.0. The van der Waals surface area contributed by atoms with E-state index in [0.717, 1.165) is 11.6 Å². The Hall–Kier alpha value is -2.60. The van der Waals surface area contributed by atoms with E-state index in [1.54, 1.807) is 17.5 Å². The van der Waals surface area contributed by atoms with Gasteiger partial charge >= 0.3 is 0 Å². The molecule has 2 aromatic carbocycles. The maximum absolute atomic E-state index is 13.7. The lowest BCUT2D eigenvalue weighted by Gasteiger charge is -2.02. The van der Waals surface area contributed by atoms with Gasteiger partial charge in [-0.25, -0.2) is 13.8 Å². The third-order valence-electron chi connectivity index (χ3n) is 3.25. The molecule has 116 valence electrons. The van der Waals surface area contributed by atoms with E-state index in [0.29, 0.717) is 16.4 Å². The van der Waals surface area contributed by atoms with Gasteiger partial charge in [-0.2, -0.15) is 0 Å². The molecule has 3 nitrogen and oxygen atoms in total. The van der Waals surface area contributed by atoms with Gasteiger partial charge in [0.05, 0.1) is 5.69 Å². The average molecular weight is 330 g/mol. The number of aryl methyl sites for hydroxylation is 1. The lowest BCUT2D eigenvalue weighted by atomic mass is 10.1. The second-order valence-corrected chi connectivity index (χ2v) is 5.84. The average Bonchev–Trinajstić information content (AvgIpc) is 2.96. The highest BCUT2D eigenvalue weighted by Gasteiger charge is 2.12. The van der Waals surface area contributed by atoms with Crippen LogP contribution in [-0.4, -0.2) is 10.9 Å². The number of benzene rings is 2. The number of carbonyl (C=O) groups excluding carboxylic acids is 1. The molecule has 6 heteroatoms. The van der Waals surface area contributed by atoms with Gasteiger partial charge in [0.15, 0.2) is 5.13 Å². The summed E-state index contributed by atoms with van der Waals surface area (Å²) < 4.78 is 26.7. The van der Waals surface area contributed by atoms with Crippen molar-refractivity contribution in [1.82, 2.24) is 4.98 Å². The minimum Gasteiger partial charge on any atom is -0.298 e. The third kappa shape index (κ3) is 3.43. The normalized spacial score (nSPS) is 10.6. The summed E-state index contributed by atoms with van der Waals surface area (Å²) in [6, 6.07) is 10.4. The van der Waals surface area contributed by atoms with Crippen molar-refractivity contribution in [3.8, 4) is 11.3 Å². The molecule has 0 saturated heterocycles. The smallest absolute Gasteiger partial charge is 0.257 e. The molecule has 0 spiro atoms. The number of rotatable bonds is 3. The molecule has 0 saturated carbocycles. The van der Waals surface area contributed by atoms with Crippen LogP contribution in [0.15, 0.2) is 47.8 Å².